The third-order valence-corrected chi connectivity index (χ3v) is 3.24. The van der Waals surface area contributed by atoms with E-state index in [9.17, 15) is 0 Å². The fourth-order valence-corrected chi connectivity index (χ4v) is 2.18. The van der Waals surface area contributed by atoms with Gasteiger partial charge in [-0.2, -0.15) is 0 Å². The normalized spacial score (nSPS) is 21.9. The molecule has 0 unspecified atom stereocenters. The SMILES string of the molecule is CC(C)(C)c1ccc([C@@H]2CCCN2)cc1. The molecule has 1 heteroatoms. The smallest absolute Gasteiger partial charge is 0.0320 e. The van der Waals surface area contributed by atoms with Crippen molar-refractivity contribution in [3.05, 3.63) is 35.4 Å². The lowest BCUT2D eigenvalue weighted by Gasteiger charge is -2.20. The van der Waals surface area contributed by atoms with E-state index in [1.54, 1.807) is 0 Å². The second-order valence-electron chi connectivity index (χ2n) is 5.52. The highest BCUT2D eigenvalue weighted by Crippen LogP contribution is 2.27. The van der Waals surface area contributed by atoms with Crippen LogP contribution in [-0.2, 0) is 5.41 Å². The molecular weight excluding hydrogens is 182 g/mol. The van der Waals surface area contributed by atoms with E-state index >= 15 is 0 Å². The molecule has 15 heavy (non-hydrogen) atoms. The van der Waals surface area contributed by atoms with Crippen LogP contribution in [0.15, 0.2) is 24.3 Å². The average molecular weight is 203 g/mol. The van der Waals surface area contributed by atoms with E-state index in [0.717, 1.165) is 0 Å². The summed E-state index contributed by atoms with van der Waals surface area (Å²) < 4.78 is 0. The first kappa shape index (κ1) is 10.7. The molecule has 0 amide bonds. The van der Waals surface area contributed by atoms with Gasteiger partial charge < -0.3 is 5.32 Å². The summed E-state index contributed by atoms with van der Waals surface area (Å²) in [5.74, 6) is 0. The summed E-state index contributed by atoms with van der Waals surface area (Å²) in [6, 6.07) is 9.71. The van der Waals surface area contributed by atoms with Crippen molar-refractivity contribution in [1.29, 1.82) is 0 Å². The Labute approximate surface area is 92.9 Å². The van der Waals surface area contributed by atoms with E-state index in [1.165, 1.54) is 30.5 Å². The van der Waals surface area contributed by atoms with Gasteiger partial charge in [0.25, 0.3) is 0 Å². The van der Waals surface area contributed by atoms with Crippen molar-refractivity contribution in [2.45, 2.75) is 45.1 Å². The minimum Gasteiger partial charge on any atom is -0.310 e. The van der Waals surface area contributed by atoms with E-state index in [-0.39, 0.29) is 5.41 Å². The molecule has 0 radical (unpaired) electrons. The van der Waals surface area contributed by atoms with Crippen LogP contribution in [0.25, 0.3) is 0 Å². The van der Waals surface area contributed by atoms with Crippen LogP contribution in [-0.4, -0.2) is 6.54 Å². The maximum Gasteiger partial charge on any atom is 0.0320 e. The second kappa shape index (κ2) is 3.97. The Bertz CT molecular complexity index is 312. The van der Waals surface area contributed by atoms with Crippen molar-refractivity contribution < 1.29 is 0 Å². The van der Waals surface area contributed by atoms with Crippen molar-refractivity contribution in [1.82, 2.24) is 5.32 Å². The molecule has 0 aliphatic carbocycles. The van der Waals surface area contributed by atoms with Crippen molar-refractivity contribution >= 4 is 0 Å². The fraction of sp³-hybridized carbons (Fsp3) is 0.571. The summed E-state index contributed by atoms with van der Waals surface area (Å²) in [6.45, 7) is 7.95. The molecule has 1 fully saturated rings. The van der Waals surface area contributed by atoms with Gasteiger partial charge in [-0.15, -0.1) is 0 Å². The molecule has 0 bridgehead atoms. The first-order valence-electron chi connectivity index (χ1n) is 5.91. The van der Waals surface area contributed by atoms with Crippen LogP contribution < -0.4 is 5.32 Å². The summed E-state index contributed by atoms with van der Waals surface area (Å²) in [5, 5.41) is 3.53. The van der Waals surface area contributed by atoms with Crippen LogP contribution >= 0.6 is 0 Å². The molecule has 0 aromatic heterocycles. The van der Waals surface area contributed by atoms with Gasteiger partial charge in [0.1, 0.15) is 0 Å². The minimum atomic E-state index is 0.266. The Kier molecular flexibility index (Phi) is 2.83. The third kappa shape index (κ3) is 2.40. The van der Waals surface area contributed by atoms with Gasteiger partial charge in [0.15, 0.2) is 0 Å². The summed E-state index contributed by atoms with van der Waals surface area (Å²) in [7, 11) is 0. The van der Waals surface area contributed by atoms with Gasteiger partial charge in [0, 0.05) is 6.04 Å². The van der Waals surface area contributed by atoms with E-state index in [4.69, 9.17) is 0 Å². The summed E-state index contributed by atoms with van der Waals surface area (Å²) in [6.07, 6.45) is 2.60. The quantitative estimate of drug-likeness (QED) is 0.737. The fourth-order valence-electron chi connectivity index (χ4n) is 2.18. The Morgan fingerprint density at radius 2 is 1.80 bits per heavy atom. The van der Waals surface area contributed by atoms with Crippen LogP contribution in [0.3, 0.4) is 0 Å². The van der Waals surface area contributed by atoms with Crippen LogP contribution in [0, 0.1) is 0 Å². The van der Waals surface area contributed by atoms with Gasteiger partial charge >= 0.3 is 0 Å². The summed E-state index contributed by atoms with van der Waals surface area (Å²) in [4.78, 5) is 0. The number of hydrogen-bond donors (Lipinski definition) is 1. The molecule has 1 aliphatic heterocycles. The lowest BCUT2D eigenvalue weighted by molar-refractivity contribution is 0.588. The first-order valence-corrected chi connectivity index (χ1v) is 5.91. The largest absolute Gasteiger partial charge is 0.310 e. The summed E-state index contributed by atoms with van der Waals surface area (Å²) in [5.41, 5.74) is 3.13. The van der Waals surface area contributed by atoms with E-state index < -0.39 is 0 Å². The van der Waals surface area contributed by atoms with Crippen molar-refractivity contribution in [2.75, 3.05) is 6.54 Å². The van der Waals surface area contributed by atoms with Gasteiger partial charge in [-0.3, -0.25) is 0 Å². The standard InChI is InChI=1S/C14H21N/c1-14(2,3)12-8-6-11(7-9-12)13-5-4-10-15-13/h6-9,13,15H,4-5,10H2,1-3H3/t13-/m0/s1. The zero-order valence-corrected chi connectivity index (χ0v) is 10.0. The van der Waals surface area contributed by atoms with Gasteiger partial charge in [-0.05, 0) is 35.9 Å². The molecule has 82 valence electrons. The lowest BCUT2D eigenvalue weighted by Crippen LogP contribution is -2.14. The number of nitrogens with one attached hydrogen (secondary N) is 1. The van der Waals surface area contributed by atoms with Crippen molar-refractivity contribution in [2.24, 2.45) is 0 Å². The molecule has 1 aromatic rings. The van der Waals surface area contributed by atoms with Gasteiger partial charge in [-0.1, -0.05) is 45.0 Å². The lowest BCUT2D eigenvalue weighted by atomic mass is 9.86. The van der Waals surface area contributed by atoms with E-state index in [1.807, 2.05) is 0 Å². The Morgan fingerprint density at radius 3 is 2.27 bits per heavy atom. The molecule has 1 saturated heterocycles. The molecule has 0 spiro atoms. The molecule has 0 saturated carbocycles. The second-order valence-corrected chi connectivity index (χ2v) is 5.52. The highest BCUT2D eigenvalue weighted by Gasteiger charge is 2.17. The number of hydrogen-bond acceptors (Lipinski definition) is 1. The maximum absolute atomic E-state index is 3.53. The maximum atomic E-state index is 3.53. The molecule has 1 N–H and O–H groups in total. The highest BCUT2D eigenvalue weighted by atomic mass is 14.9. The van der Waals surface area contributed by atoms with Gasteiger partial charge in [-0.25, -0.2) is 0 Å². The number of rotatable bonds is 1. The minimum absolute atomic E-state index is 0.266. The van der Waals surface area contributed by atoms with E-state index in [2.05, 4.69) is 50.4 Å². The van der Waals surface area contributed by atoms with Crippen LogP contribution in [0.5, 0.6) is 0 Å². The van der Waals surface area contributed by atoms with Gasteiger partial charge in [0.2, 0.25) is 0 Å². The zero-order valence-electron chi connectivity index (χ0n) is 10.0. The predicted octanol–water partition coefficient (Wildman–Crippen LogP) is 3.41. The third-order valence-electron chi connectivity index (χ3n) is 3.24. The first-order chi connectivity index (χ1) is 7.07. The van der Waals surface area contributed by atoms with Crippen molar-refractivity contribution in [3.8, 4) is 0 Å². The average Bonchev–Trinajstić information content (AvgIpc) is 2.69. The topological polar surface area (TPSA) is 12.0 Å². The molecule has 1 nitrogen and oxygen atoms in total. The number of benzene rings is 1. The predicted molar refractivity (Wildman–Crippen MR) is 65.1 cm³/mol. The molecule has 1 atom stereocenters. The molecule has 2 rings (SSSR count). The van der Waals surface area contributed by atoms with Gasteiger partial charge in [0.05, 0.1) is 0 Å². The zero-order chi connectivity index (χ0) is 10.9. The van der Waals surface area contributed by atoms with E-state index in [0.29, 0.717) is 6.04 Å². The Balaban J connectivity index is 2.16. The Hall–Kier alpha value is -0.820. The molecule has 1 aliphatic rings. The van der Waals surface area contributed by atoms with Crippen LogP contribution in [0.2, 0.25) is 0 Å². The monoisotopic (exact) mass is 203 g/mol. The Morgan fingerprint density at radius 1 is 1.13 bits per heavy atom. The molecular formula is C14H21N. The van der Waals surface area contributed by atoms with Crippen LogP contribution in [0.1, 0.15) is 50.8 Å². The highest BCUT2D eigenvalue weighted by molar-refractivity contribution is 5.29. The van der Waals surface area contributed by atoms with Crippen molar-refractivity contribution in [3.63, 3.8) is 0 Å². The molecule has 1 aromatic carbocycles. The van der Waals surface area contributed by atoms with Crippen LogP contribution in [0.4, 0.5) is 0 Å². The summed E-state index contributed by atoms with van der Waals surface area (Å²) >= 11 is 0. The molecule has 1 heterocycles.